The lowest BCUT2D eigenvalue weighted by Gasteiger charge is -2.54. The van der Waals surface area contributed by atoms with Crippen LogP contribution >= 0.6 is 0 Å². The minimum absolute atomic E-state index is 0.168. The highest BCUT2D eigenvalue weighted by molar-refractivity contribution is 5.75. The number of ether oxygens (including phenoxy) is 1. The first-order valence-electron chi connectivity index (χ1n) is 8.72. The third-order valence-electron chi connectivity index (χ3n) is 5.30. The van der Waals surface area contributed by atoms with E-state index in [0.717, 1.165) is 18.9 Å². The number of carbonyl (C=O) groups is 1. The molecule has 144 valence electrons. The number of urea groups is 1. The zero-order valence-corrected chi connectivity index (χ0v) is 14.5. The summed E-state index contributed by atoms with van der Waals surface area (Å²) in [5, 5.41) is 5.63. The predicted octanol–water partition coefficient (Wildman–Crippen LogP) is 4.46. The Labute approximate surface area is 149 Å². The standard InChI is InChI=1S/C18H22F4N2O2/c1-11(23-16(25)24-13-8-17(9-13)5-2-6-17)12-3-4-14(19)15(7-12)26-10-18(20,21)22/h3-4,7,11,13H,2,5-6,8-10H2,1H3,(H2,23,24,25). The molecule has 1 atom stereocenters. The highest BCUT2D eigenvalue weighted by atomic mass is 19.4. The van der Waals surface area contributed by atoms with Gasteiger partial charge < -0.3 is 15.4 Å². The van der Waals surface area contributed by atoms with Crippen LogP contribution in [0, 0.1) is 11.2 Å². The van der Waals surface area contributed by atoms with Gasteiger partial charge in [-0.1, -0.05) is 12.5 Å². The van der Waals surface area contributed by atoms with Gasteiger partial charge in [0.2, 0.25) is 0 Å². The topological polar surface area (TPSA) is 50.4 Å². The quantitative estimate of drug-likeness (QED) is 0.748. The minimum Gasteiger partial charge on any atom is -0.481 e. The highest BCUT2D eigenvalue weighted by Crippen LogP contribution is 2.55. The third kappa shape index (κ3) is 4.40. The normalized spacial score (nSPS) is 20.0. The maximum absolute atomic E-state index is 13.6. The van der Waals surface area contributed by atoms with Crippen molar-refractivity contribution < 1.29 is 27.1 Å². The largest absolute Gasteiger partial charge is 0.481 e. The Hall–Kier alpha value is -1.99. The Morgan fingerprint density at radius 1 is 1.35 bits per heavy atom. The lowest BCUT2D eigenvalue weighted by molar-refractivity contribution is -0.153. The van der Waals surface area contributed by atoms with Crippen molar-refractivity contribution in [3.63, 3.8) is 0 Å². The molecule has 2 aliphatic rings. The Morgan fingerprint density at radius 2 is 2.04 bits per heavy atom. The molecule has 0 aliphatic heterocycles. The molecular weight excluding hydrogens is 352 g/mol. The molecule has 2 N–H and O–H groups in total. The Balaban J connectivity index is 1.52. The van der Waals surface area contributed by atoms with E-state index in [1.165, 1.54) is 31.4 Å². The smallest absolute Gasteiger partial charge is 0.422 e. The highest BCUT2D eigenvalue weighted by Gasteiger charge is 2.48. The Bertz CT molecular complexity index is 666. The number of rotatable bonds is 5. The van der Waals surface area contributed by atoms with Gasteiger partial charge in [0.1, 0.15) is 0 Å². The molecule has 2 saturated carbocycles. The number of hydrogen-bond donors (Lipinski definition) is 2. The molecular formula is C18H22F4N2O2. The second-order valence-corrected chi connectivity index (χ2v) is 7.39. The first-order valence-corrected chi connectivity index (χ1v) is 8.72. The van der Waals surface area contributed by atoms with Crippen molar-refractivity contribution in [1.29, 1.82) is 0 Å². The van der Waals surface area contributed by atoms with Gasteiger partial charge in [0.25, 0.3) is 0 Å². The molecule has 0 heterocycles. The summed E-state index contributed by atoms with van der Waals surface area (Å²) < 4.78 is 54.8. The Morgan fingerprint density at radius 3 is 2.62 bits per heavy atom. The second-order valence-electron chi connectivity index (χ2n) is 7.39. The van der Waals surface area contributed by atoms with Crippen molar-refractivity contribution in [2.75, 3.05) is 6.61 Å². The maximum atomic E-state index is 13.6. The van der Waals surface area contributed by atoms with E-state index in [1.807, 2.05) is 0 Å². The average Bonchev–Trinajstić information content (AvgIpc) is 2.46. The van der Waals surface area contributed by atoms with Crippen molar-refractivity contribution in [1.82, 2.24) is 10.6 Å². The van der Waals surface area contributed by atoms with Gasteiger partial charge in [-0.15, -0.1) is 0 Å². The predicted molar refractivity (Wildman–Crippen MR) is 87.3 cm³/mol. The molecule has 26 heavy (non-hydrogen) atoms. The minimum atomic E-state index is -4.55. The molecule has 0 bridgehead atoms. The van der Waals surface area contributed by atoms with E-state index in [4.69, 9.17) is 0 Å². The molecule has 2 aliphatic carbocycles. The number of amides is 2. The van der Waals surface area contributed by atoms with Crippen LogP contribution in [0.2, 0.25) is 0 Å². The van der Waals surface area contributed by atoms with Crippen LogP contribution in [-0.2, 0) is 0 Å². The number of carbonyl (C=O) groups excluding carboxylic acids is 1. The van der Waals surface area contributed by atoms with Gasteiger partial charge in [0.05, 0.1) is 6.04 Å². The molecule has 3 rings (SSSR count). The van der Waals surface area contributed by atoms with Crippen molar-refractivity contribution in [3.8, 4) is 5.75 Å². The van der Waals surface area contributed by atoms with Crippen LogP contribution < -0.4 is 15.4 Å². The average molecular weight is 374 g/mol. The summed E-state index contributed by atoms with van der Waals surface area (Å²) in [6.07, 6.45) is 1.19. The van der Waals surface area contributed by atoms with E-state index >= 15 is 0 Å². The summed E-state index contributed by atoms with van der Waals surface area (Å²) in [4.78, 5) is 12.1. The maximum Gasteiger partial charge on any atom is 0.422 e. The Kier molecular flexibility index (Phi) is 5.03. The van der Waals surface area contributed by atoms with Gasteiger partial charge in [-0.3, -0.25) is 0 Å². The van der Waals surface area contributed by atoms with Crippen LogP contribution in [0.1, 0.15) is 50.6 Å². The van der Waals surface area contributed by atoms with Crippen LogP contribution in [0.15, 0.2) is 18.2 Å². The molecule has 1 aromatic carbocycles. The van der Waals surface area contributed by atoms with Crippen LogP contribution in [0.25, 0.3) is 0 Å². The number of benzene rings is 1. The van der Waals surface area contributed by atoms with Crippen molar-refractivity contribution >= 4 is 6.03 Å². The van der Waals surface area contributed by atoms with E-state index in [9.17, 15) is 22.4 Å². The molecule has 4 nitrogen and oxygen atoms in total. The molecule has 2 fully saturated rings. The van der Waals surface area contributed by atoms with Crippen molar-refractivity contribution in [3.05, 3.63) is 29.6 Å². The summed E-state index contributed by atoms with van der Waals surface area (Å²) in [5.41, 5.74) is 0.911. The number of hydrogen-bond acceptors (Lipinski definition) is 2. The third-order valence-corrected chi connectivity index (χ3v) is 5.30. The summed E-state index contributed by atoms with van der Waals surface area (Å²) in [6, 6.07) is 2.96. The van der Waals surface area contributed by atoms with Crippen LogP contribution in [0.3, 0.4) is 0 Å². The van der Waals surface area contributed by atoms with Crippen molar-refractivity contribution in [2.45, 2.75) is 57.3 Å². The van der Waals surface area contributed by atoms with Gasteiger partial charge >= 0.3 is 12.2 Å². The summed E-state index contributed by atoms with van der Waals surface area (Å²) in [5.74, 6) is -1.37. The summed E-state index contributed by atoms with van der Waals surface area (Å²) in [7, 11) is 0. The fraction of sp³-hybridized carbons (Fsp3) is 0.611. The zero-order valence-electron chi connectivity index (χ0n) is 14.5. The van der Waals surface area contributed by atoms with Gasteiger partial charge in [0, 0.05) is 6.04 Å². The molecule has 1 aromatic rings. The molecule has 1 unspecified atom stereocenters. The van der Waals surface area contributed by atoms with Crippen LogP contribution in [0.5, 0.6) is 5.75 Å². The van der Waals surface area contributed by atoms with Crippen LogP contribution in [-0.4, -0.2) is 24.9 Å². The molecule has 1 spiro atoms. The summed E-state index contributed by atoms with van der Waals surface area (Å²) in [6.45, 7) is 0.105. The van der Waals surface area contributed by atoms with Gasteiger partial charge in [-0.2, -0.15) is 13.2 Å². The van der Waals surface area contributed by atoms with E-state index in [1.54, 1.807) is 6.92 Å². The summed E-state index contributed by atoms with van der Waals surface area (Å²) >= 11 is 0. The number of halogens is 4. The van der Waals surface area contributed by atoms with E-state index in [2.05, 4.69) is 15.4 Å². The van der Waals surface area contributed by atoms with E-state index < -0.39 is 30.4 Å². The molecule has 0 aromatic heterocycles. The zero-order chi connectivity index (χ0) is 18.9. The van der Waals surface area contributed by atoms with E-state index in [0.29, 0.717) is 11.0 Å². The fourth-order valence-electron chi connectivity index (χ4n) is 3.74. The molecule has 0 radical (unpaired) electrons. The first-order chi connectivity index (χ1) is 12.2. The van der Waals surface area contributed by atoms with Crippen LogP contribution in [0.4, 0.5) is 22.4 Å². The fourth-order valence-corrected chi connectivity index (χ4v) is 3.74. The second kappa shape index (κ2) is 6.96. The number of alkyl halides is 3. The first kappa shape index (κ1) is 18.8. The van der Waals surface area contributed by atoms with Gasteiger partial charge in [0.15, 0.2) is 18.2 Å². The van der Waals surface area contributed by atoms with Gasteiger partial charge in [-0.05, 0) is 55.7 Å². The monoisotopic (exact) mass is 374 g/mol. The SMILES string of the molecule is CC(NC(=O)NC1CC2(CCC2)C1)c1ccc(F)c(OCC(F)(F)F)c1. The van der Waals surface area contributed by atoms with Gasteiger partial charge in [-0.25, -0.2) is 9.18 Å². The molecule has 0 saturated heterocycles. The molecule has 8 heteroatoms. The molecule has 2 amide bonds. The lowest BCUT2D eigenvalue weighted by atomic mass is 9.54. The lowest BCUT2D eigenvalue weighted by Crippen LogP contribution is -2.55. The number of nitrogens with one attached hydrogen (secondary N) is 2. The van der Waals surface area contributed by atoms with Crippen molar-refractivity contribution in [2.24, 2.45) is 5.41 Å². The van der Waals surface area contributed by atoms with E-state index in [-0.39, 0.29) is 12.1 Å².